The molecule has 0 aliphatic rings. The molecule has 0 saturated heterocycles. The van der Waals surface area contributed by atoms with E-state index in [0.717, 1.165) is 0 Å². The van der Waals surface area contributed by atoms with Gasteiger partial charge in [0.25, 0.3) is 5.91 Å². The summed E-state index contributed by atoms with van der Waals surface area (Å²) >= 11 is 0. The maximum Gasteiger partial charge on any atom is 0.338 e. The van der Waals surface area contributed by atoms with Crippen LogP contribution >= 0.6 is 0 Å². The van der Waals surface area contributed by atoms with E-state index in [9.17, 15) is 14.4 Å². The Morgan fingerprint density at radius 2 is 1.67 bits per heavy atom. The van der Waals surface area contributed by atoms with Crippen LogP contribution < -0.4 is 10.1 Å². The summed E-state index contributed by atoms with van der Waals surface area (Å²) < 4.78 is 9.98. The number of hydrogen-bond acceptors (Lipinski definition) is 5. The molecule has 0 aliphatic heterocycles. The minimum absolute atomic E-state index is 0.151. The fourth-order valence-electron chi connectivity index (χ4n) is 1.95. The molecule has 0 spiro atoms. The van der Waals surface area contributed by atoms with Crippen LogP contribution in [-0.2, 0) is 9.53 Å². The Balaban J connectivity index is 1.89. The molecule has 1 amide bonds. The number of ether oxygens (including phenoxy) is 2. The Labute approximate surface area is 139 Å². The lowest BCUT2D eigenvalue weighted by Gasteiger charge is -2.08. The Kier molecular flexibility index (Phi) is 5.68. The number of nitrogens with one attached hydrogen (secondary N) is 1. The first-order valence-electron chi connectivity index (χ1n) is 7.21. The summed E-state index contributed by atoms with van der Waals surface area (Å²) in [5.41, 5.74) is 1.20. The van der Waals surface area contributed by atoms with Crippen molar-refractivity contribution in [3.63, 3.8) is 0 Å². The third-order valence-electron chi connectivity index (χ3n) is 3.21. The molecule has 124 valence electrons. The average molecular weight is 327 g/mol. The summed E-state index contributed by atoms with van der Waals surface area (Å²) in [7, 11) is 1.55. The molecule has 2 aromatic rings. The average Bonchev–Trinajstić information content (AvgIpc) is 2.60. The highest BCUT2D eigenvalue weighted by Crippen LogP contribution is 2.15. The third-order valence-corrected chi connectivity index (χ3v) is 3.21. The monoisotopic (exact) mass is 327 g/mol. The minimum atomic E-state index is -0.664. The first-order chi connectivity index (χ1) is 11.5. The van der Waals surface area contributed by atoms with E-state index in [-0.39, 0.29) is 11.3 Å². The van der Waals surface area contributed by atoms with Crippen LogP contribution in [0.5, 0.6) is 5.75 Å². The molecule has 0 radical (unpaired) electrons. The fourth-order valence-corrected chi connectivity index (χ4v) is 1.95. The van der Waals surface area contributed by atoms with Crippen LogP contribution in [0.3, 0.4) is 0 Å². The van der Waals surface area contributed by atoms with Crippen molar-refractivity contribution in [2.24, 2.45) is 0 Å². The van der Waals surface area contributed by atoms with Gasteiger partial charge in [-0.05, 0) is 43.3 Å². The van der Waals surface area contributed by atoms with Gasteiger partial charge in [0.2, 0.25) is 0 Å². The van der Waals surface area contributed by atoms with Gasteiger partial charge in [-0.15, -0.1) is 0 Å². The van der Waals surface area contributed by atoms with Crippen molar-refractivity contribution in [3.8, 4) is 5.75 Å². The van der Waals surface area contributed by atoms with Crippen molar-refractivity contribution in [1.29, 1.82) is 0 Å². The molecular weight excluding hydrogens is 310 g/mol. The molecular formula is C18H17NO5. The van der Waals surface area contributed by atoms with Crippen LogP contribution in [0, 0.1) is 0 Å². The molecule has 0 heterocycles. The number of esters is 1. The van der Waals surface area contributed by atoms with Crippen LogP contribution in [0.25, 0.3) is 0 Å². The SMILES string of the molecule is COc1ccc(NC(=O)COC(=O)c2cccc(C(C)=O)c2)cc1. The van der Waals surface area contributed by atoms with E-state index in [1.165, 1.54) is 19.1 Å². The second-order valence-electron chi connectivity index (χ2n) is 4.99. The van der Waals surface area contributed by atoms with Gasteiger partial charge < -0.3 is 14.8 Å². The van der Waals surface area contributed by atoms with Crippen LogP contribution in [0.2, 0.25) is 0 Å². The molecule has 1 N–H and O–H groups in total. The zero-order chi connectivity index (χ0) is 17.5. The lowest BCUT2D eigenvalue weighted by Crippen LogP contribution is -2.21. The summed E-state index contributed by atoms with van der Waals surface area (Å²) in [5.74, 6) is -0.606. The number of hydrogen-bond donors (Lipinski definition) is 1. The van der Waals surface area contributed by atoms with Crippen LogP contribution in [0.15, 0.2) is 48.5 Å². The summed E-state index contributed by atoms with van der Waals surface area (Å²) in [4.78, 5) is 35.0. The zero-order valence-corrected chi connectivity index (χ0v) is 13.4. The van der Waals surface area contributed by atoms with Crippen molar-refractivity contribution in [1.82, 2.24) is 0 Å². The smallest absolute Gasteiger partial charge is 0.338 e. The van der Waals surface area contributed by atoms with Gasteiger partial charge in [0.15, 0.2) is 12.4 Å². The summed E-state index contributed by atoms with van der Waals surface area (Å²) in [6, 6.07) is 12.9. The van der Waals surface area contributed by atoms with Gasteiger partial charge in [-0.2, -0.15) is 0 Å². The van der Waals surface area contributed by atoms with Gasteiger partial charge in [-0.1, -0.05) is 12.1 Å². The summed E-state index contributed by atoms with van der Waals surface area (Å²) in [6.45, 7) is 0.988. The number of methoxy groups -OCH3 is 1. The van der Waals surface area contributed by atoms with E-state index in [1.807, 2.05) is 0 Å². The van der Waals surface area contributed by atoms with Crippen molar-refractivity contribution >= 4 is 23.3 Å². The van der Waals surface area contributed by atoms with Gasteiger partial charge in [-0.25, -0.2) is 4.79 Å². The van der Waals surface area contributed by atoms with Gasteiger partial charge in [0.1, 0.15) is 5.75 Å². The molecule has 0 aromatic heterocycles. The molecule has 0 unspecified atom stereocenters. The highest BCUT2D eigenvalue weighted by molar-refractivity contribution is 5.99. The van der Waals surface area contributed by atoms with Crippen molar-refractivity contribution in [3.05, 3.63) is 59.7 Å². The second kappa shape index (κ2) is 7.92. The van der Waals surface area contributed by atoms with E-state index in [4.69, 9.17) is 9.47 Å². The highest BCUT2D eigenvalue weighted by Gasteiger charge is 2.12. The standard InChI is InChI=1S/C18H17NO5/c1-12(20)13-4-3-5-14(10-13)18(22)24-11-17(21)19-15-6-8-16(23-2)9-7-15/h3-10H,11H2,1-2H3,(H,19,21). The first kappa shape index (κ1) is 17.2. The lowest BCUT2D eigenvalue weighted by atomic mass is 10.1. The zero-order valence-electron chi connectivity index (χ0n) is 13.4. The lowest BCUT2D eigenvalue weighted by molar-refractivity contribution is -0.119. The number of ketones is 1. The number of rotatable bonds is 6. The Morgan fingerprint density at radius 1 is 1.00 bits per heavy atom. The maximum absolute atomic E-state index is 11.9. The molecule has 0 bridgehead atoms. The largest absolute Gasteiger partial charge is 0.497 e. The molecule has 0 aliphatic carbocycles. The Morgan fingerprint density at radius 3 is 2.29 bits per heavy atom. The third kappa shape index (κ3) is 4.67. The van der Waals surface area contributed by atoms with Gasteiger partial charge in [0.05, 0.1) is 12.7 Å². The predicted molar refractivity (Wildman–Crippen MR) is 88.4 cm³/mol. The number of amides is 1. The van der Waals surface area contributed by atoms with Crippen LogP contribution in [0.4, 0.5) is 5.69 Å². The maximum atomic E-state index is 11.9. The molecule has 2 aromatic carbocycles. The topological polar surface area (TPSA) is 81.7 Å². The molecule has 2 rings (SSSR count). The number of carbonyl (C=O) groups excluding carboxylic acids is 3. The number of benzene rings is 2. The molecule has 6 nitrogen and oxygen atoms in total. The van der Waals surface area contributed by atoms with E-state index >= 15 is 0 Å². The normalized spacial score (nSPS) is 9.92. The number of carbonyl (C=O) groups is 3. The fraction of sp³-hybridized carbons (Fsp3) is 0.167. The highest BCUT2D eigenvalue weighted by atomic mass is 16.5. The minimum Gasteiger partial charge on any atom is -0.497 e. The Hall–Kier alpha value is -3.15. The Bertz CT molecular complexity index is 752. The van der Waals surface area contributed by atoms with Crippen LogP contribution in [0.1, 0.15) is 27.6 Å². The van der Waals surface area contributed by atoms with E-state index in [1.54, 1.807) is 43.5 Å². The van der Waals surface area contributed by atoms with Crippen molar-refractivity contribution < 1.29 is 23.9 Å². The predicted octanol–water partition coefficient (Wildman–Crippen LogP) is 2.69. The van der Waals surface area contributed by atoms with Gasteiger partial charge in [-0.3, -0.25) is 9.59 Å². The van der Waals surface area contributed by atoms with Crippen molar-refractivity contribution in [2.75, 3.05) is 19.0 Å². The molecule has 0 fully saturated rings. The van der Waals surface area contributed by atoms with Crippen LogP contribution in [-0.4, -0.2) is 31.4 Å². The summed E-state index contributed by atoms with van der Waals surface area (Å²) in [6.07, 6.45) is 0. The molecule has 0 atom stereocenters. The molecule has 24 heavy (non-hydrogen) atoms. The van der Waals surface area contributed by atoms with E-state index in [0.29, 0.717) is 17.0 Å². The van der Waals surface area contributed by atoms with Gasteiger partial charge in [0, 0.05) is 11.3 Å². The molecule has 0 saturated carbocycles. The number of Topliss-reactive ketones (excluding diaryl/α,β-unsaturated/α-hetero) is 1. The van der Waals surface area contributed by atoms with E-state index in [2.05, 4.69) is 5.32 Å². The van der Waals surface area contributed by atoms with Crippen molar-refractivity contribution in [2.45, 2.75) is 6.92 Å². The van der Waals surface area contributed by atoms with E-state index < -0.39 is 18.5 Å². The second-order valence-corrected chi connectivity index (χ2v) is 4.99. The first-order valence-corrected chi connectivity index (χ1v) is 7.21. The summed E-state index contributed by atoms with van der Waals surface area (Å²) in [5, 5.41) is 2.60. The molecule has 6 heteroatoms. The quantitative estimate of drug-likeness (QED) is 0.651. The number of anilines is 1. The van der Waals surface area contributed by atoms with Gasteiger partial charge >= 0.3 is 5.97 Å².